The zero-order valence-electron chi connectivity index (χ0n) is 14.8. The molecule has 1 aliphatic rings. The summed E-state index contributed by atoms with van der Waals surface area (Å²) < 4.78 is 6.19. The van der Waals surface area contributed by atoms with E-state index in [1.807, 2.05) is 0 Å². The van der Waals surface area contributed by atoms with E-state index in [-0.39, 0.29) is 0 Å². The monoisotopic (exact) mass is 289 g/mol. The zero-order chi connectivity index (χ0) is 15.7. The molecule has 1 fully saturated rings. The maximum Gasteiger partial charge on any atom is 0.0774 e. The molecule has 3 unspecified atom stereocenters. The molecule has 2 nitrogen and oxygen atoms in total. The average Bonchev–Trinajstić information content (AvgIpc) is 2.88. The van der Waals surface area contributed by atoms with Gasteiger partial charge in [0.25, 0.3) is 0 Å². The van der Waals surface area contributed by atoms with Crippen LogP contribution in [0.15, 0.2) is 0 Å². The molecule has 1 aliphatic heterocycles. The van der Waals surface area contributed by atoms with Gasteiger partial charge in [-0.3, -0.25) is 0 Å². The van der Waals surface area contributed by atoms with Gasteiger partial charge in [-0.2, -0.15) is 0 Å². The number of nitrogens with one attached hydrogen (secondary N) is 1. The fraction of sp³-hybridized carbons (Fsp3) is 0.684. The lowest BCUT2D eigenvalue weighted by Crippen LogP contribution is -2.33. The summed E-state index contributed by atoms with van der Waals surface area (Å²) in [6.45, 7) is 16.6. The Morgan fingerprint density at radius 1 is 0.952 bits per heavy atom. The molecule has 0 bridgehead atoms. The molecule has 1 saturated heterocycles. The summed E-state index contributed by atoms with van der Waals surface area (Å²) in [7, 11) is 0. The summed E-state index contributed by atoms with van der Waals surface area (Å²) >= 11 is 0. The quantitative estimate of drug-likeness (QED) is 0.884. The predicted octanol–water partition coefficient (Wildman–Crippen LogP) is 4.45. The highest BCUT2D eigenvalue weighted by atomic mass is 16.5. The van der Waals surface area contributed by atoms with Crippen molar-refractivity contribution in [2.75, 3.05) is 6.54 Å². The Labute approximate surface area is 130 Å². The van der Waals surface area contributed by atoms with Gasteiger partial charge in [0.2, 0.25) is 0 Å². The molecular formula is C19H31NO. The topological polar surface area (TPSA) is 21.3 Å². The molecule has 0 aliphatic carbocycles. The van der Waals surface area contributed by atoms with Crippen LogP contribution >= 0.6 is 0 Å². The molecule has 1 aromatic rings. The van der Waals surface area contributed by atoms with Gasteiger partial charge < -0.3 is 10.1 Å². The van der Waals surface area contributed by atoms with E-state index in [1.54, 1.807) is 0 Å². The van der Waals surface area contributed by atoms with E-state index >= 15 is 0 Å². The van der Waals surface area contributed by atoms with Gasteiger partial charge in [-0.15, -0.1) is 0 Å². The van der Waals surface area contributed by atoms with E-state index < -0.39 is 0 Å². The van der Waals surface area contributed by atoms with E-state index in [4.69, 9.17) is 4.74 Å². The lowest BCUT2D eigenvalue weighted by atomic mass is 9.84. The molecule has 118 valence electrons. The maximum absolute atomic E-state index is 6.19. The van der Waals surface area contributed by atoms with Crippen molar-refractivity contribution in [3.05, 3.63) is 33.4 Å². The Kier molecular flexibility index (Phi) is 5.11. The minimum absolute atomic E-state index is 0.304. The van der Waals surface area contributed by atoms with Crippen molar-refractivity contribution >= 4 is 0 Å². The molecule has 3 atom stereocenters. The first-order valence-corrected chi connectivity index (χ1v) is 8.34. The largest absolute Gasteiger partial charge is 0.373 e. The van der Waals surface area contributed by atoms with Crippen molar-refractivity contribution in [3.63, 3.8) is 0 Å². The Morgan fingerprint density at radius 2 is 1.48 bits per heavy atom. The number of rotatable bonds is 4. The molecule has 0 saturated carbocycles. The summed E-state index contributed by atoms with van der Waals surface area (Å²) in [5.41, 5.74) is 8.64. The van der Waals surface area contributed by atoms with Crippen LogP contribution in [-0.2, 0) is 4.74 Å². The van der Waals surface area contributed by atoms with Gasteiger partial charge in [-0.25, -0.2) is 0 Å². The van der Waals surface area contributed by atoms with Crippen molar-refractivity contribution in [2.24, 2.45) is 0 Å². The molecule has 2 heteroatoms. The summed E-state index contributed by atoms with van der Waals surface area (Å²) in [5, 5.41) is 3.69. The van der Waals surface area contributed by atoms with E-state index in [0.717, 1.165) is 13.0 Å². The highest BCUT2D eigenvalue weighted by molar-refractivity contribution is 5.51. The Morgan fingerprint density at radius 3 is 1.90 bits per heavy atom. The number of hydrogen-bond acceptors (Lipinski definition) is 2. The Balaban J connectivity index is 2.50. The van der Waals surface area contributed by atoms with Crippen molar-refractivity contribution < 1.29 is 4.74 Å². The number of benzene rings is 1. The lowest BCUT2D eigenvalue weighted by Gasteiger charge is -2.30. The highest BCUT2D eigenvalue weighted by Crippen LogP contribution is 2.36. The van der Waals surface area contributed by atoms with Gasteiger partial charge >= 0.3 is 0 Å². The van der Waals surface area contributed by atoms with Crippen molar-refractivity contribution in [2.45, 2.75) is 79.6 Å². The van der Waals surface area contributed by atoms with Gasteiger partial charge in [-0.05, 0) is 94.3 Å². The summed E-state index contributed by atoms with van der Waals surface area (Å²) in [4.78, 5) is 0. The van der Waals surface area contributed by atoms with Crippen molar-refractivity contribution in [3.8, 4) is 0 Å². The summed E-state index contributed by atoms with van der Waals surface area (Å²) in [6.07, 6.45) is 3.03. The highest BCUT2D eigenvalue weighted by Gasteiger charge is 2.32. The van der Waals surface area contributed by atoms with Crippen LogP contribution in [0.3, 0.4) is 0 Å². The van der Waals surface area contributed by atoms with Crippen LogP contribution in [0.1, 0.15) is 66.1 Å². The van der Waals surface area contributed by atoms with Gasteiger partial charge in [0.05, 0.1) is 18.2 Å². The van der Waals surface area contributed by atoms with Crippen LogP contribution in [0.5, 0.6) is 0 Å². The second kappa shape index (κ2) is 6.50. The van der Waals surface area contributed by atoms with Crippen molar-refractivity contribution in [1.29, 1.82) is 0 Å². The normalized spacial score (nSPS) is 23.6. The standard InChI is InChI=1S/C19H31NO/c1-8-20-19(17-10-9-11(2)21-17)18-15(6)13(4)12(3)14(5)16(18)7/h11,17,19-20H,8-10H2,1-7H3. The van der Waals surface area contributed by atoms with Crippen LogP contribution in [-0.4, -0.2) is 18.8 Å². The predicted molar refractivity (Wildman–Crippen MR) is 90.1 cm³/mol. The molecule has 0 aromatic heterocycles. The third-order valence-corrected chi connectivity index (χ3v) is 5.43. The molecule has 1 N–H and O–H groups in total. The van der Waals surface area contributed by atoms with E-state index in [9.17, 15) is 0 Å². The third-order valence-electron chi connectivity index (χ3n) is 5.43. The molecule has 0 amide bonds. The average molecular weight is 289 g/mol. The Hall–Kier alpha value is -0.860. The fourth-order valence-corrected chi connectivity index (χ4v) is 3.71. The minimum atomic E-state index is 0.304. The first kappa shape index (κ1) is 16.5. The minimum Gasteiger partial charge on any atom is -0.373 e. The van der Waals surface area contributed by atoms with Gasteiger partial charge in [-0.1, -0.05) is 6.92 Å². The summed E-state index contributed by atoms with van der Waals surface area (Å²) in [6, 6.07) is 0.318. The van der Waals surface area contributed by atoms with E-state index in [0.29, 0.717) is 18.2 Å². The molecule has 0 radical (unpaired) electrons. The van der Waals surface area contributed by atoms with Crippen LogP contribution in [0.25, 0.3) is 0 Å². The summed E-state index contributed by atoms with van der Waals surface area (Å²) in [5.74, 6) is 0. The second-order valence-electron chi connectivity index (χ2n) is 6.64. The molecule has 21 heavy (non-hydrogen) atoms. The zero-order valence-corrected chi connectivity index (χ0v) is 14.8. The first-order valence-electron chi connectivity index (χ1n) is 8.34. The fourth-order valence-electron chi connectivity index (χ4n) is 3.71. The Bertz CT molecular complexity index is 492. The SMILES string of the molecule is CCNC(c1c(C)c(C)c(C)c(C)c1C)C1CCC(C)O1. The van der Waals surface area contributed by atoms with Gasteiger partial charge in [0.1, 0.15) is 0 Å². The van der Waals surface area contributed by atoms with Gasteiger partial charge in [0.15, 0.2) is 0 Å². The van der Waals surface area contributed by atoms with Gasteiger partial charge in [0, 0.05) is 0 Å². The van der Waals surface area contributed by atoms with Crippen LogP contribution in [0, 0.1) is 34.6 Å². The molecule has 0 spiro atoms. The van der Waals surface area contributed by atoms with Crippen LogP contribution < -0.4 is 5.32 Å². The van der Waals surface area contributed by atoms with E-state index in [2.05, 4.69) is 53.8 Å². The van der Waals surface area contributed by atoms with Crippen LogP contribution in [0.4, 0.5) is 0 Å². The molecular weight excluding hydrogens is 258 g/mol. The number of hydrogen-bond donors (Lipinski definition) is 1. The first-order chi connectivity index (χ1) is 9.88. The number of ether oxygens (including phenoxy) is 1. The smallest absolute Gasteiger partial charge is 0.0774 e. The lowest BCUT2D eigenvalue weighted by molar-refractivity contribution is 0.0316. The van der Waals surface area contributed by atoms with Crippen LogP contribution in [0.2, 0.25) is 0 Å². The maximum atomic E-state index is 6.19. The third kappa shape index (κ3) is 3.02. The van der Waals surface area contributed by atoms with E-state index in [1.165, 1.54) is 39.8 Å². The molecule has 2 rings (SSSR count). The molecule has 1 heterocycles. The van der Waals surface area contributed by atoms with Crippen molar-refractivity contribution in [1.82, 2.24) is 5.32 Å². The number of likely N-dealkylation sites (N-methyl/N-ethyl adjacent to an activating group) is 1. The second-order valence-corrected chi connectivity index (χ2v) is 6.64. The molecule has 1 aromatic carbocycles.